The highest BCUT2D eigenvalue weighted by molar-refractivity contribution is 7.92. The van der Waals surface area contributed by atoms with Crippen LogP contribution in [0.15, 0.2) is 71.7 Å². The van der Waals surface area contributed by atoms with Gasteiger partial charge in [0.05, 0.1) is 16.6 Å². The van der Waals surface area contributed by atoms with Crippen molar-refractivity contribution in [3.8, 4) is 16.9 Å². The summed E-state index contributed by atoms with van der Waals surface area (Å²) < 4.78 is 47.0. The number of piperidine rings is 1. The molecule has 4 heterocycles. The van der Waals surface area contributed by atoms with Crippen LogP contribution in [0, 0.1) is 5.82 Å². The van der Waals surface area contributed by atoms with E-state index in [4.69, 9.17) is 0 Å². The van der Waals surface area contributed by atoms with Gasteiger partial charge in [-0.3, -0.25) is 33.6 Å². The number of imidazole rings is 1. The number of hydrogen-bond donors (Lipinski definition) is 4. The molecule has 1 atom stereocenters. The van der Waals surface area contributed by atoms with Crippen LogP contribution in [-0.2, 0) is 38.7 Å². The lowest BCUT2D eigenvalue weighted by molar-refractivity contribution is -0.135. The van der Waals surface area contributed by atoms with E-state index < -0.39 is 57.8 Å². The van der Waals surface area contributed by atoms with Gasteiger partial charge in [-0.25, -0.2) is 18.2 Å². The van der Waals surface area contributed by atoms with E-state index in [1.54, 1.807) is 41.7 Å². The Hall–Kier alpha value is -6.49. The summed E-state index contributed by atoms with van der Waals surface area (Å²) in [5, 5.41) is 16.5. The van der Waals surface area contributed by atoms with Gasteiger partial charge >= 0.3 is 15.9 Å². The summed E-state index contributed by atoms with van der Waals surface area (Å²) in [6.45, 7) is -0.685. The molecule has 4 amide bonds. The predicted molar refractivity (Wildman–Crippen MR) is 188 cm³/mol. The molecule has 2 aromatic heterocycles. The first-order valence-corrected chi connectivity index (χ1v) is 17.4. The smallest absolute Gasteiger partial charge is 0.329 e. The van der Waals surface area contributed by atoms with Crippen molar-refractivity contribution in [3.05, 3.63) is 88.7 Å². The first kappa shape index (κ1) is 32.7. The molecule has 2 aliphatic heterocycles. The molecule has 17 heteroatoms. The number of benzene rings is 4. The van der Waals surface area contributed by atoms with Crippen LogP contribution in [0.4, 0.5) is 15.8 Å². The highest BCUT2D eigenvalue weighted by Crippen LogP contribution is 2.39. The second-order valence-corrected chi connectivity index (χ2v) is 14.3. The number of anilines is 2. The van der Waals surface area contributed by atoms with Gasteiger partial charge < -0.3 is 15.0 Å². The Labute approximate surface area is 293 Å². The second kappa shape index (κ2) is 11.5. The van der Waals surface area contributed by atoms with Gasteiger partial charge in [-0.15, -0.1) is 0 Å². The first-order valence-electron chi connectivity index (χ1n) is 16.0. The van der Waals surface area contributed by atoms with E-state index in [0.717, 1.165) is 22.7 Å². The SMILES string of the molecule is Cn1cc(C(=O)Nc2ccc3c(F)c(N4CC(=O)NS4(=O)=O)c(O)cc3c2)c2ccc(-c3ccc4c(c3)n(C)c(=O)n4C3CCC(=O)NC3=O)cc21. The van der Waals surface area contributed by atoms with Crippen molar-refractivity contribution >= 4 is 77.9 Å². The summed E-state index contributed by atoms with van der Waals surface area (Å²) in [5.74, 6) is -3.96. The van der Waals surface area contributed by atoms with Gasteiger partial charge in [0.25, 0.3) is 11.8 Å². The second-order valence-electron chi connectivity index (χ2n) is 12.8. The third-order valence-corrected chi connectivity index (χ3v) is 10.9. The molecule has 0 saturated carbocycles. The number of carbonyl (C=O) groups excluding carboxylic acids is 4. The molecular formula is C35H28FN7O8S. The minimum Gasteiger partial charge on any atom is -0.506 e. The number of aryl methyl sites for hydroxylation is 2. The highest BCUT2D eigenvalue weighted by atomic mass is 32.2. The van der Waals surface area contributed by atoms with Crippen LogP contribution < -0.4 is 25.4 Å². The van der Waals surface area contributed by atoms with Gasteiger partial charge in [0, 0.05) is 48.7 Å². The Bertz CT molecular complexity index is 2790. The number of hydrogen-bond acceptors (Lipinski definition) is 8. The molecule has 8 rings (SSSR count). The van der Waals surface area contributed by atoms with Crippen molar-refractivity contribution in [2.75, 3.05) is 16.2 Å². The number of phenols is 1. The van der Waals surface area contributed by atoms with E-state index in [-0.39, 0.29) is 40.9 Å². The molecule has 4 N–H and O–H groups in total. The Morgan fingerprint density at radius 2 is 1.62 bits per heavy atom. The van der Waals surface area contributed by atoms with Crippen LogP contribution in [0.3, 0.4) is 0 Å². The minimum absolute atomic E-state index is 0.0381. The normalized spacial score (nSPS) is 17.2. The molecule has 4 aromatic carbocycles. The third kappa shape index (κ3) is 5.07. The molecule has 264 valence electrons. The summed E-state index contributed by atoms with van der Waals surface area (Å²) in [5.41, 5.74) is 3.10. The molecule has 52 heavy (non-hydrogen) atoms. The summed E-state index contributed by atoms with van der Waals surface area (Å²) in [6.07, 6.45) is 2.03. The third-order valence-electron chi connectivity index (χ3n) is 9.54. The number of phenolic OH excluding ortho intramolecular Hbond substituents is 1. The lowest BCUT2D eigenvalue weighted by atomic mass is 10.0. The van der Waals surface area contributed by atoms with Gasteiger partial charge in [-0.2, -0.15) is 8.42 Å². The van der Waals surface area contributed by atoms with E-state index in [1.165, 1.54) is 27.3 Å². The van der Waals surface area contributed by atoms with Gasteiger partial charge in [0.15, 0.2) is 5.82 Å². The number of fused-ring (bicyclic) bond motifs is 3. The number of imide groups is 1. The molecule has 2 saturated heterocycles. The van der Waals surface area contributed by atoms with Crippen molar-refractivity contribution in [2.24, 2.45) is 14.1 Å². The maximum Gasteiger partial charge on any atom is 0.329 e. The van der Waals surface area contributed by atoms with E-state index in [2.05, 4.69) is 10.6 Å². The van der Waals surface area contributed by atoms with Crippen molar-refractivity contribution in [1.82, 2.24) is 23.7 Å². The van der Waals surface area contributed by atoms with Crippen molar-refractivity contribution in [1.29, 1.82) is 0 Å². The average molecular weight is 726 g/mol. The fraction of sp³-hybridized carbons (Fsp3) is 0.171. The number of aromatic hydroxyl groups is 1. The first-order chi connectivity index (χ1) is 24.7. The molecular weight excluding hydrogens is 697 g/mol. The predicted octanol–water partition coefficient (Wildman–Crippen LogP) is 2.91. The molecule has 0 radical (unpaired) electrons. The number of nitrogens with zero attached hydrogens (tertiary/aromatic N) is 4. The van der Waals surface area contributed by atoms with Gasteiger partial charge in [-0.1, -0.05) is 18.2 Å². The van der Waals surface area contributed by atoms with Crippen molar-refractivity contribution in [3.63, 3.8) is 0 Å². The number of halogens is 1. The molecule has 1 unspecified atom stereocenters. The molecule has 2 fully saturated rings. The van der Waals surface area contributed by atoms with Crippen LogP contribution in [0.25, 0.3) is 43.8 Å². The number of rotatable bonds is 5. The lowest BCUT2D eigenvalue weighted by Gasteiger charge is -2.21. The van der Waals surface area contributed by atoms with Crippen LogP contribution >= 0.6 is 0 Å². The van der Waals surface area contributed by atoms with Crippen molar-refractivity contribution in [2.45, 2.75) is 18.9 Å². The fourth-order valence-corrected chi connectivity index (χ4v) is 8.18. The molecule has 6 aromatic rings. The number of aromatic nitrogens is 3. The van der Waals surface area contributed by atoms with Crippen LogP contribution in [0.1, 0.15) is 29.2 Å². The van der Waals surface area contributed by atoms with Crippen LogP contribution in [0.2, 0.25) is 0 Å². The summed E-state index contributed by atoms with van der Waals surface area (Å²) >= 11 is 0. The average Bonchev–Trinajstić information content (AvgIpc) is 3.66. The summed E-state index contributed by atoms with van der Waals surface area (Å²) in [7, 11) is -0.958. The minimum atomic E-state index is -4.37. The van der Waals surface area contributed by atoms with E-state index in [9.17, 15) is 37.5 Å². The maximum absolute atomic E-state index is 15.5. The molecule has 0 spiro atoms. The van der Waals surface area contributed by atoms with Crippen molar-refractivity contribution < 1.29 is 37.1 Å². The van der Waals surface area contributed by atoms with Crippen LogP contribution in [-0.4, -0.2) is 57.4 Å². The maximum atomic E-state index is 15.5. The standard InChI is InChI=1S/C35H28FN7O8S/c1-40-15-23(33(47)37-20-5-7-21-19(11-20)14-28(44)32(31(21)36)42-16-30(46)39-52(42,50)51)22-6-3-17(12-26(22)40)18-4-8-24-27(13-18)41(2)35(49)43(24)25-9-10-29(45)38-34(25)48/h3-8,11-15,25,44H,9-10,16H2,1-2H3,(H,37,47)(H,39,46)(H,38,45,48). The summed E-state index contributed by atoms with van der Waals surface area (Å²) in [6, 6.07) is 15.6. The number of carbonyl (C=O) groups is 4. The van der Waals surface area contributed by atoms with E-state index in [0.29, 0.717) is 26.3 Å². The molecule has 15 nitrogen and oxygen atoms in total. The highest BCUT2D eigenvalue weighted by Gasteiger charge is 2.38. The lowest BCUT2D eigenvalue weighted by Crippen LogP contribution is -2.44. The zero-order valence-corrected chi connectivity index (χ0v) is 28.2. The van der Waals surface area contributed by atoms with Gasteiger partial charge in [0.2, 0.25) is 11.8 Å². The summed E-state index contributed by atoms with van der Waals surface area (Å²) in [4.78, 5) is 62.7. The topological polar surface area (TPSA) is 194 Å². The zero-order chi connectivity index (χ0) is 36.8. The number of amides is 4. The van der Waals surface area contributed by atoms with E-state index in [1.807, 2.05) is 24.3 Å². The molecule has 0 bridgehead atoms. The fourth-order valence-electron chi connectivity index (χ4n) is 7.01. The zero-order valence-electron chi connectivity index (χ0n) is 27.4. The molecule has 0 aliphatic carbocycles. The number of nitrogens with one attached hydrogen (secondary N) is 3. The monoisotopic (exact) mass is 725 g/mol. The molecule has 2 aliphatic rings. The largest absolute Gasteiger partial charge is 0.506 e. The quantitative estimate of drug-likeness (QED) is 0.195. The Kier molecular flexibility index (Phi) is 7.25. The Balaban J connectivity index is 1.08. The Morgan fingerprint density at radius 1 is 0.904 bits per heavy atom. The Morgan fingerprint density at radius 3 is 2.33 bits per heavy atom. The van der Waals surface area contributed by atoms with Gasteiger partial charge in [0.1, 0.15) is 24.0 Å². The van der Waals surface area contributed by atoms with Crippen LogP contribution in [0.5, 0.6) is 5.75 Å². The van der Waals surface area contributed by atoms with E-state index >= 15 is 4.39 Å². The van der Waals surface area contributed by atoms with Gasteiger partial charge in [-0.05, 0) is 65.4 Å².